The van der Waals surface area contributed by atoms with Crippen LogP contribution in [0.3, 0.4) is 0 Å². The fourth-order valence-electron chi connectivity index (χ4n) is 3.45. The number of ether oxygens (including phenoxy) is 1. The molecule has 0 spiro atoms. The molecule has 0 aliphatic rings. The van der Waals surface area contributed by atoms with Gasteiger partial charge in [-0.15, -0.1) is 0 Å². The summed E-state index contributed by atoms with van der Waals surface area (Å²) >= 11 is 5.97. The third-order valence-corrected chi connectivity index (χ3v) is 5.37. The maximum atomic E-state index is 13.4. The molecule has 0 fully saturated rings. The maximum Gasteiger partial charge on any atom is 0.316 e. The summed E-state index contributed by atoms with van der Waals surface area (Å²) in [7, 11) is 0. The van der Waals surface area contributed by atoms with Gasteiger partial charge in [-0.1, -0.05) is 23.7 Å². The van der Waals surface area contributed by atoms with Crippen LogP contribution in [0.2, 0.25) is 5.02 Å². The van der Waals surface area contributed by atoms with Crippen LogP contribution in [0.15, 0.2) is 96.4 Å². The molecule has 5 rings (SSSR count). The van der Waals surface area contributed by atoms with Crippen molar-refractivity contribution in [1.82, 2.24) is 19.3 Å². The highest BCUT2D eigenvalue weighted by Crippen LogP contribution is 2.32. The first-order valence-electron chi connectivity index (χ1n) is 10.1. The van der Waals surface area contributed by atoms with E-state index in [0.717, 1.165) is 6.07 Å². The molecule has 7 nitrogen and oxygen atoms in total. The van der Waals surface area contributed by atoms with Gasteiger partial charge in [-0.05, 0) is 54.1 Å². The highest BCUT2D eigenvalue weighted by Gasteiger charge is 2.17. The quantitative estimate of drug-likeness (QED) is 0.370. The molecule has 0 saturated heterocycles. The van der Waals surface area contributed by atoms with Gasteiger partial charge in [-0.3, -0.25) is 4.79 Å². The normalized spacial score (nSPS) is 10.9. The zero-order valence-corrected chi connectivity index (χ0v) is 18.2. The number of benzene rings is 3. The molecule has 34 heavy (non-hydrogen) atoms. The second-order valence-electron chi connectivity index (χ2n) is 7.31. The number of halogens is 2. The summed E-state index contributed by atoms with van der Waals surface area (Å²) in [6.45, 7) is 0. The summed E-state index contributed by atoms with van der Waals surface area (Å²) in [4.78, 5) is 17.4. The zero-order chi connectivity index (χ0) is 23.7. The van der Waals surface area contributed by atoms with E-state index in [0.29, 0.717) is 33.3 Å². The fraction of sp³-hybridized carbons (Fsp3) is 0. The minimum absolute atomic E-state index is 0.0420. The number of phenols is 1. The number of rotatable bonds is 5. The Morgan fingerprint density at radius 2 is 1.76 bits per heavy atom. The van der Waals surface area contributed by atoms with Crippen LogP contribution in [0.1, 0.15) is 0 Å². The third kappa shape index (κ3) is 4.14. The van der Waals surface area contributed by atoms with Crippen molar-refractivity contribution in [3.05, 3.63) is 113 Å². The van der Waals surface area contributed by atoms with Gasteiger partial charge in [0.1, 0.15) is 23.0 Å². The van der Waals surface area contributed by atoms with Gasteiger partial charge in [0.05, 0.1) is 18.2 Å². The van der Waals surface area contributed by atoms with Crippen molar-refractivity contribution in [3.8, 4) is 39.8 Å². The number of nitrogens with zero attached hydrogens (tertiary/aromatic N) is 4. The monoisotopic (exact) mass is 474 g/mol. The number of hydrogen-bond donors (Lipinski definition) is 1. The average Bonchev–Trinajstić information content (AvgIpc) is 3.37. The average molecular weight is 475 g/mol. The van der Waals surface area contributed by atoms with E-state index in [2.05, 4.69) is 10.1 Å². The Kier molecular flexibility index (Phi) is 5.57. The topological polar surface area (TPSA) is 82.2 Å². The Balaban J connectivity index is 1.55. The van der Waals surface area contributed by atoms with Gasteiger partial charge in [0, 0.05) is 29.0 Å². The van der Waals surface area contributed by atoms with Gasteiger partial charge < -0.3 is 14.4 Å². The molecule has 2 heterocycles. The molecule has 0 bridgehead atoms. The predicted molar refractivity (Wildman–Crippen MR) is 126 cm³/mol. The van der Waals surface area contributed by atoms with E-state index in [-0.39, 0.29) is 11.5 Å². The van der Waals surface area contributed by atoms with Crippen molar-refractivity contribution in [2.45, 2.75) is 0 Å². The molecule has 0 unspecified atom stereocenters. The zero-order valence-electron chi connectivity index (χ0n) is 17.5. The number of imidazole rings is 1. The minimum atomic E-state index is -0.525. The van der Waals surface area contributed by atoms with Crippen LogP contribution in [-0.4, -0.2) is 24.4 Å². The van der Waals surface area contributed by atoms with Crippen LogP contribution >= 0.6 is 11.6 Å². The molecule has 0 amide bonds. The van der Waals surface area contributed by atoms with E-state index in [1.54, 1.807) is 65.5 Å². The molecule has 0 aliphatic heterocycles. The molecule has 0 atom stereocenters. The van der Waals surface area contributed by atoms with Gasteiger partial charge in [-0.25, -0.2) is 9.37 Å². The summed E-state index contributed by atoms with van der Waals surface area (Å²) in [5, 5.41) is 14.9. The predicted octanol–water partition coefficient (Wildman–Crippen LogP) is 5.38. The van der Waals surface area contributed by atoms with Gasteiger partial charge in [0.15, 0.2) is 0 Å². The number of phenolic OH excluding ortho intramolecular Hbond substituents is 1. The van der Waals surface area contributed by atoms with Crippen LogP contribution in [0.4, 0.5) is 4.39 Å². The van der Waals surface area contributed by atoms with E-state index < -0.39 is 11.4 Å². The summed E-state index contributed by atoms with van der Waals surface area (Å²) < 4.78 is 22.2. The molecule has 2 aromatic heterocycles. The van der Waals surface area contributed by atoms with Crippen molar-refractivity contribution >= 4 is 11.6 Å². The lowest BCUT2D eigenvalue weighted by atomic mass is 10.0. The van der Waals surface area contributed by atoms with E-state index >= 15 is 0 Å². The number of aromatic nitrogens is 4. The summed E-state index contributed by atoms with van der Waals surface area (Å²) in [6, 6.07) is 17.2. The molecular formula is C25H16ClFN4O3. The number of hydrogen-bond acceptors (Lipinski definition) is 5. The molecule has 1 N–H and O–H groups in total. The number of aromatic hydroxyl groups is 1. The van der Waals surface area contributed by atoms with Crippen LogP contribution in [-0.2, 0) is 0 Å². The molecule has 168 valence electrons. The largest absolute Gasteiger partial charge is 0.507 e. The lowest BCUT2D eigenvalue weighted by molar-refractivity contribution is 0.464. The summed E-state index contributed by atoms with van der Waals surface area (Å²) in [5.41, 5.74) is 1.59. The lowest BCUT2D eigenvalue weighted by Crippen LogP contribution is -2.23. The molecule has 0 saturated carbocycles. The molecule has 5 aromatic rings. The third-order valence-electron chi connectivity index (χ3n) is 5.11. The molecule has 3 aromatic carbocycles. The first kappa shape index (κ1) is 21.4. The van der Waals surface area contributed by atoms with Crippen LogP contribution < -0.4 is 10.3 Å². The molecule has 0 radical (unpaired) electrons. The highest BCUT2D eigenvalue weighted by atomic mass is 35.5. The SMILES string of the molecule is O=c1c(Oc2ccc(-c3ccc(F)cc3O)cc2)c(-n2ccnc2)cnn1-c1ccc(Cl)cc1. The smallest absolute Gasteiger partial charge is 0.316 e. The second kappa shape index (κ2) is 8.84. The van der Waals surface area contributed by atoms with Crippen molar-refractivity contribution in [1.29, 1.82) is 0 Å². The molecule has 0 aliphatic carbocycles. The first-order chi connectivity index (χ1) is 16.5. The molecular weight excluding hydrogens is 459 g/mol. The van der Waals surface area contributed by atoms with Crippen molar-refractivity contribution in [3.63, 3.8) is 0 Å². The van der Waals surface area contributed by atoms with Gasteiger partial charge in [0.25, 0.3) is 0 Å². The van der Waals surface area contributed by atoms with Crippen molar-refractivity contribution in [2.75, 3.05) is 0 Å². The lowest BCUT2D eigenvalue weighted by Gasteiger charge is -2.14. The summed E-state index contributed by atoms with van der Waals surface area (Å²) in [6.07, 6.45) is 6.31. The van der Waals surface area contributed by atoms with E-state index in [4.69, 9.17) is 16.3 Å². The van der Waals surface area contributed by atoms with Gasteiger partial charge in [0.2, 0.25) is 5.75 Å². The maximum absolute atomic E-state index is 13.4. The van der Waals surface area contributed by atoms with E-state index in [1.807, 2.05) is 0 Å². The fourth-order valence-corrected chi connectivity index (χ4v) is 3.57. The Labute approximate surface area is 197 Å². The molecule has 9 heteroatoms. The highest BCUT2D eigenvalue weighted by molar-refractivity contribution is 6.30. The van der Waals surface area contributed by atoms with Gasteiger partial charge in [-0.2, -0.15) is 9.78 Å². The van der Waals surface area contributed by atoms with Crippen LogP contribution in [0.5, 0.6) is 17.2 Å². The Hall–Kier alpha value is -4.43. The van der Waals surface area contributed by atoms with Gasteiger partial charge >= 0.3 is 5.56 Å². The van der Waals surface area contributed by atoms with Crippen LogP contribution in [0, 0.1) is 5.82 Å². The van der Waals surface area contributed by atoms with Crippen molar-refractivity contribution < 1.29 is 14.2 Å². The van der Waals surface area contributed by atoms with Crippen LogP contribution in [0.25, 0.3) is 22.5 Å². The minimum Gasteiger partial charge on any atom is -0.507 e. The van der Waals surface area contributed by atoms with E-state index in [1.165, 1.54) is 29.3 Å². The Morgan fingerprint density at radius 3 is 2.44 bits per heavy atom. The first-order valence-corrected chi connectivity index (χ1v) is 10.5. The Bertz CT molecular complexity index is 1520. The second-order valence-corrected chi connectivity index (χ2v) is 7.75. The van der Waals surface area contributed by atoms with Crippen molar-refractivity contribution in [2.24, 2.45) is 0 Å². The standard InChI is InChI=1S/C25H16ClFN4O3/c26-17-3-6-19(7-4-17)31-25(33)24(22(14-29-31)30-12-11-28-15-30)34-20-8-1-16(2-9-20)21-10-5-18(27)13-23(21)32/h1-15,32H. The Morgan fingerprint density at radius 1 is 1.00 bits per heavy atom. The summed E-state index contributed by atoms with van der Waals surface area (Å²) in [5.74, 6) is -0.267. The van der Waals surface area contributed by atoms with E-state index in [9.17, 15) is 14.3 Å².